The third-order valence-corrected chi connectivity index (χ3v) is 4.43. The molecule has 0 saturated heterocycles. The highest BCUT2D eigenvalue weighted by molar-refractivity contribution is 7.94. The van der Waals surface area contributed by atoms with Gasteiger partial charge in [0.15, 0.2) is 0 Å². The third kappa shape index (κ3) is 10.4. The van der Waals surface area contributed by atoms with E-state index >= 15 is 0 Å². The summed E-state index contributed by atoms with van der Waals surface area (Å²) >= 11 is 1.12. The van der Waals surface area contributed by atoms with E-state index in [0.29, 0.717) is 0 Å². The fraction of sp³-hybridized carbons (Fsp3) is 0.647. The van der Waals surface area contributed by atoms with Crippen LogP contribution in [0.3, 0.4) is 0 Å². The van der Waals surface area contributed by atoms with Crippen molar-refractivity contribution in [3.05, 3.63) is 23.8 Å². The SMILES string of the molecule is OOOSCCCCCCCCCCCc1cc(O)ccc1O. The van der Waals surface area contributed by atoms with Crippen LogP contribution in [0.25, 0.3) is 0 Å². The minimum atomic E-state index is 0.214. The maximum Gasteiger partial charge on any atom is 0.119 e. The van der Waals surface area contributed by atoms with Gasteiger partial charge in [0.1, 0.15) is 11.5 Å². The average molecular weight is 344 g/mol. The zero-order valence-corrected chi connectivity index (χ0v) is 14.4. The van der Waals surface area contributed by atoms with E-state index in [4.69, 9.17) is 5.26 Å². The minimum absolute atomic E-state index is 0.214. The summed E-state index contributed by atoms with van der Waals surface area (Å²) in [4.78, 5) is 0. The van der Waals surface area contributed by atoms with Crippen LogP contribution in [-0.4, -0.2) is 21.2 Å². The van der Waals surface area contributed by atoms with Crippen LogP contribution in [0.1, 0.15) is 63.4 Å². The number of phenols is 2. The van der Waals surface area contributed by atoms with Crippen LogP contribution in [0.2, 0.25) is 0 Å². The zero-order valence-electron chi connectivity index (χ0n) is 13.6. The van der Waals surface area contributed by atoms with E-state index in [1.807, 2.05) is 0 Å². The third-order valence-electron chi connectivity index (χ3n) is 3.82. The highest BCUT2D eigenvalue weighted by Crippen LogP contribution is 2.24. The monoisotopic (exact) mass is 344 g/mol. The molecule has 1 rings (SSSR count). The molecule has 0 aliphatic rings. The van der Waals surface area contributed by atoms with Gasteiger partial charge in [0.25, 0.3) is 0 Å². The Kier molecular flexibility index (Phi) is 11.8. The molecule has 0 amide bonds. The Balaban J connectivity index is 1.87. The van der Waals surface area contributed by atoms with Crippen molar-refractivity contribution in [1.29, 1.82) is 0 Å². The lowest BCUT2D eigenvalue weighted by atomic mass is 10.0. The Bertz CT molecular complexity index is 414. The Morgan fingerprint density at radius 3 is 2.09 bits per heavy atom. The van der Waals surface area contributed by atoms with Gasteiger partial charge in [-0.05, 0) is 43.0 Å². The number of aryl methyl sites for hydroxylation is 1. The van der Waals surface area contributed by atoms with Crippen molar-refractivity contribution in [2.45, 2.75) is 64.2 Å². The highest BCUT2D eigenvalue weighted by Gasteiger charge is 2.02. The molecule has 0 saturated carbocycles. The van der Waals surface area contributed by atoms with Crippen molar-refractivity contribution in [2.75, 3.05) is 5.75 Å². The van der Waals surface area contributed by atoms with Crippen molar-refractivity contribution >= 4 is 12.0 Å². The molecule has 0 fully saturated rings. The molecule has 0 spiro atoms. The van der Waals surface area contributed by atoms with E-state index in [1.54, 1.807) is 12.1 Å². The summed E-state index contributed by atoms with van der Waals surface area (Å²) in [6.45, 7) is 0. The lowest BCUT2D eigenvalue weighted by molar-refractivity contribution is -0.432. The van der Waals surface area contributed by atoms with Crippen molar-refractivity contribution in [1.82, 2.24) is 0 Å². The summed E-state index contributed by atoms with van der Waals surface area (Å²) < 4.78 is 4.30. The molecule has 1 aromatic carbocycles. The number of hydrogen-bond acceptors (Lipinski definition) is 6. The Labute approximate surface area is 142 Å². The minimum Gasteiger partial charge on any atom is -0.508 e. The summed E-state index contributed by atoms with van der Waals surface area (Å²) in [7, 11) is 0. The summed E-state index contributed by atoms with van der Waals surface area (Å²) in [5.74, 6) is 1.33. The standard InChI is InChI=1S/C17H28O5S/c18-16-11-12-17(19)15(14-16)10-8-6-4-2-1-3-5-7-9-13-23-22-21-20/h11-12,14,18-20H,1-10,13H2. The number of unbranched alkanes of at least 4 members (excludes halogenated alkanes) is 8. The molecule has 0 heterocycles. The number of aromatic hydroxyl groups is 2. The average Bonchev–Trinajstić information content (AvgIpc) is 2.55. The second-order valence-electron chi connectivity index (χ2n) is 5.71. The molecule has 5 nitrogen and oxygen atoms in total. The summed E-state index contributed by atoms with van der Waals surface area (Å²) in [5, 5.41) is 30.6. The van der Waals surface area contributed by atoms with E-state index in [2.05, 4.69) is 9.37 Å². The molecule has 0 unspecified atom stereocenters. The maximum atomic E-state index is 9.69. The lowest BCUT2D eigenvalue weighted by Crippen LogP contribution is -1.88. The predicted molar refractivity (Wildman–Crippen MR) is 92.3 cm³/mol. The Hall–Kier alpha value is -0.950. The van der Waals surface area contributed by atoms with Crippen LogP contribution in [0.5, 0.6) is 11.5 Å². The molecule has 23 heavy (non-hydrogen) atoms. The first-order valence-corrected chi connectivity index (χ1v) is 9.25. The molecular formula is C17H28O5S. The normalized spacial score (nSPS) is 11.0. The van der Waals surface area contributed by atoms with Gasteiger partial charge in [-0.25, -0.2) is 5.26 Å². The molecule has 0 bridgehead atoms. The summed E-state index contributed by atoms with van der Waals surface area (Å²) in [5.41, 5.74) is 0.832. The van der Waals surface area contributed by atoms with Gasteiger partial charge in [0, 0.05) is 17.8 Å². The molecule has 0 atom stereocenters. The number of rotatable bonds is 14. The van der Waals surface area contributed by atoms with Crippen molar-refractivity contribution in [3.8, 4) is 11.5 Å². The largest absolute Gasteiger partial charge is 0.508 e. The quantitative estimate of drug-likeness (QED) is 0.141. The first-order chi connectivity index (χ1) is 11.2. The second kappa shape index (κ2) is 13.5. The fourth-order valence-corrected chi connectivity index (χ4v) is 2.97. The number of phenolic OH excluding ortho intramolecular Hbond substituents is 2. The molecular weight excluding hydrogens is 316 g/mol. The number of benzene rings is 1. The molecule has 0 aliphatic heterocycles. The van der Waals surface area contributed by atoms with Crippen molar-refractivity contribution < 1.29 is 24.8 Å². The topological polar surface area (TPSA) is 79.2 Å². The van der Waals surface area contributed by atoms with E-state index in [-0.39, 0.29) is 11.5 Å². The number of hydrogen-bond donors (Lipinski definition) is 3. The van der Waals surface area contributed by atoms with Gasteiger partial charge in [-0.2, -0.15) is 0 Å². The predicted octanol–water partition coefficient (Wildman–Crippen LogP) is 5.22. The molecule has 0 aliphatic carbocycles. The maximum absolute atomic E-state index is 9.69. The van der Waals surface area contributed by atoms with E-state index in [9.17, 15) is 10.2 Å². The molecule has 6 heteroatoms. The smallest absolute Gasteiger partial charge is 0.119 e. The van der Waals surface area contributed by atoms with Crippen LogP contribution in [0.4, 0.5) is 0 Å². The van der Waals surface area contributed by atoms with Gasteiger partial charge in [-0.3, -0.25) is 0 Å². The molecule has 0 aromatic heterocycles. The van der Waals surface area contributed by atoms with Crippen LogP contribution in [0, 0.1) is 0 Å². The van der Waals surface area contributed by atoms with Gasteiger partial charge in [-0.1, -0.05) is 50.0 Å². The molecule has 1 aromatic rings. The Morgan fingerprint density at radius 1 is 0.826 bits per heavy atom. The molecule has 132 valence electrons. The second-order valence-corrected chi connectivity index (χ2v) is 6.49. The Morgan fingerprint density at radius 2 is 1.43 bits per heavy atom. The van der Waals surface area contributed by atoms with Crippen LogP contribution in [-0.2, 0) is 15.8 Å². The zero-order chi connectivity index (χ0) is 16.8. The molecule has 0 radical (unpaired) electrons. The van der Waals surface area contributed by atoms with Crippen molar-refractivity contribution in [3.63, 3.8) is 0 Å². The van der Waals surface area contributed by atoms with Crippen LogP contribution in [0.15, 0.2) is 18.2 Å². The summed E-state index contributed by atoms with van der Waals surface area (Å²) in [6.07, 6.45) is 11.5. The molecule has 3 N–H and O–H groups in total. The van der Waals surface area contributed by atoms with E-state index in [1.165, 1.54) is 44.6 Å². The van der Waals surface area contributed by atoms with E-state index in [0.717, 1.165) is 49.0 Å². The van der Waals surface area contributed by atoms with Gasteiger partial charge in [0.05, 0.1) is 0 Å². The van der Waals surface area contributed by atoms with Crippen LogP contribution >= 0.6 is 12.0 Å². The highest BCUT2D eigenvalue weighted by atomic mass is 32.2. The summed E-state index contributed by atoms with van der Waals surface area (Å²) in [6, 6.07) is 4.70. The van der Waals surface area contributed by atoms with Crippen LogP contribution < -0.4 is 0 Å². The van der Waals surface area contributed by atoms with Gasteiger partial charge in [0.2, 0.25) is 0 Å². The van der Waals surface area contributed by atoms with Gasteiger partial charge < -0.3 is 10.2 Å². The first-order valence-electron chi connectivity index (χ1n) is 8.34. The van der Waals surface area contributed by atoms with Crippen molar-refractivity contribution in [2.24, 2.45) is 0 Å². The fourth-order valence-electron chi connectivity index (χ4n) is 2.54. The lowest BCUT2D eigenvalue weighted by Gasteiger charge is -2.05. The van der Waals surface area contributed by atoms with E-state index < -0.39 is 0 Å². The van der Waals surface area contributed by atoms with Gasteiger partial charge >= 0.3 is 0 Å². The first kappa shape index (κ1) is 20.1. The van der Waals surface area contributed by atoms with Gasteiger partial charge in [-0.15, -0.1) is 4.33 Å².